The Hall–Kier alpha value is -1.57. The van der Waals surface area contributed by atoms with Crippen LogP contribution in [0.2, 0.25) is 10.0 Å². The minimum atomic E-state index is -1.14. The number of nitro benzene ring substituents is 1. The van der Waals surface area contributed by atoms with Crippen LogP contribution in [0, 0.1) is 10.1 Å². The molecular weight excluding hydrogens is 299 g/mol. The summed E-state index contributed by atoms with van der Waals surface area (Å²) >= 11 is 11.4. The van der Waals surface area contributed by atoms with E-state index in [0.29, 0.717) is 0 Å². The minimum Gasteiger partial charge on any atom is -0.467 e. The molecule has 1 aromatic carbocycles. The van der Waals surface area contributed by atoms with Gasteiger partial charge in [-0.25, -0.2) is 4.79 Å². The van der Waals surface area contributed by atoms with Gasteiger partial charge in [0.25, 0.3) is 5.69 Å². The quantitative estimate of drug-likeness (QED) is 0.489. The largest absolute Gasteiger partial charge is 0.467 e. The zero-order valence-corrected chi connectivity index (χ0v) is 11.2. The zero-order valence-electron chi connectivity index (χ0n) is 9.72. The highest BCUT2D eigenvalue weighted by atomic mass is 35.5. The van der Waals surface area contributed by atoms with Crippen molar-refractivity contribution in [2.75, 3.05) is 19.0 Å². The number of ether oxygens (including phenoxy) is 1. The molecule has 1 aromatic rings. The van der Waals surface area contributed by atoms with Gasteiger partial charge in [0.15, 0.2) is 0 Å². The standard InChI is InChI=1S/C10H10Cl2N2O5/c1-19-10(16)8(4-15)13-7-2-5(11)6(12)3-9(7)14(17)18/h2-3,8,13,15H,4H2,1H3. The molecule has 9 heteroatoms. The molecule has 104 valence electrons. The number of hydrogen-bond acceptors (Lipinski definition) is 6. The van der Waals surface area contributed by atoms with Gasteiger partial charge in [-0.3, -0.25) is 10.1 Å². The molecule has 0 saturated carbocycles. The number of nitro groups is 1. The number of nitrogens with one attached hydrogen (secondary N) is 1. The molecule has 1 rings (SSSR count). The summed E-state index contributed by atoms with van der Waals surface area (Å²) in [5, 5.41) is 22.5. The van der Waals surface area contributed by atoms with Crippen LogP contribution in [-0.2, 0) is 9.53 Å². The topological polar surface area (TPSA) is 102 Å². The number of esters is 1. The second-order valence-electron chi connectivity index (χ2n) is 3.44. The van der Waals surface area contributed by atoms with Gasteiger partial charge in [0, 0.05) is 6.07 Å². The number of benzene rings is 1. The lowest BCUT2D eigenvalue weighted by molar-refractivity contribution is -0.384. The van der Waals surface area contributed by atoms with Crippen molar-refractivity contribution in [3.05, 3.63) is 32.3 Å². The van der Waals surface area contributed by atoms with Crippen LogP contribution in [0.3, 0.4) is 0 Å². The molecule has 0 aliphatic rings. The number of anilines is 1. The van der Waals surface area contributed by atoms with Crippen molar-refractivity contribution in [3.8, 4) is 0 Å². The van der Waals surface area contributed by atoms with Crippen molar-refractivity contribution < 1.29 is 19.6 Å². The van der Waals surface area contributed by atoms with Crippen LogP contribution in [-0.4, -0.2) is 35.8 Å². The SMILES string of the molecule is COC(=O)C(CO)Nc1cc(Cl)c(Cl)cc1[N+](=O)[O-]. The number of halogens is 2. The summed E-state index contributed by atoms with van der Waals surface area (Å²) in [6.45, 7) is -0.593. The molecule has 0 aliphatic carbocycles. The fourth-order valence-electron chi connectivity index (χ4n) is 1.31. The number of aliphatic hydroxyl groups excluding tert-OH is 1. The molecule has 0 radical (unpaired) electrons. The van der Waals surface area contributed by atoms with E-state index >= 15 is 0 Å². The molecule has 0 bridgehead atoms. The summed E-state index contributed by atoms with van der Waals surface area (Å²) in [6, 6.07) is 1.12. The third-order valence-corrected chi connectivity index (χ3v) is 2.96. The normalized spacial score (nSPS) is 11.8. The monoisotopic (exact) mass is 308 g/mol. The van der Waals surface area contributed by atoms with Crippen molar-refractivity contribution in [2.24, 2.45) is 0 Å². The van der Waals surface area contributed by atoms with Gasteiger partial charge in [0.1, 0.15) is 11.7 Å². The van der Waals surface area contributed by atoms with Crippen LogP contribution < -0.4 is 5.32 Å². The average Bonchev–Trinajstić information content (AvgIpc) is 2.38. The van der Waals surface area contributed by atoms with E-state index in [1.807, 2.05) is 0 Å². The van der Waals surface area contributed by atoms with Crippen molar-refractivity contribution in [2.45, 2.75) is 6.04 Å². The second kappa shape index (κ2) is 6.55. The van der Waals surface area contributed by atoms with Gasteiger partial charge in [-0.15, -0.1) is 0 Å². The third kappa shape index (κ3) is 3.69. The highest BCUT2D eigenvalue weighted by molar-refractivity contribution is 6.42. The van der Waals surface area contributed by atoms with Crippen molar-refractivity contribution in [1.82, 2.24) is 0 Å². The first-order valence-electron chi connectivity index (χ1n) is 4.99. The Balaban J connectivity index is 3.15. The van der Waals surface area contributed by atoms with E-state index in [1.54, 1.807) is 0 Å². The lowest BCUT2D eigenvalue weighted by Gasteiger charge is -2.15. The lowest BCUT2D eigenvalue weighted by atomic mass is 10.2. The number of methoxy groups -OCH3 is 1. The fraction of sp³-hybridized carbons (Fsp3) is 0.300. The number of rotatable bonds is 5. The molecule has 1 unspecified atom stereocenters. The van der Waals surface area contributed by atoms with Crippen molar-refractivity contribution >= 4 is 40.5 Å². The van der Waals surface area contributed by atoms with E-state index in [2.05, 4.69) is 10.1 Å². The van der Waals surface area contributed by atoms with Gasteiger partial charge in [-0.2, -0.15) is 0 Å². The van der Waals surface area contributed by atoms with Gasteiger partial charge in [-0.1, -0.05) is 23.2 Å². The molecule has 0 aromatic heterocycles. The van der Waals surface area contributed by atoms with E-state index in [9.17, 15) is 14.9 Å². The van der Waals surface area contributed by atoms with Crippen LogP contribution in [0.1, 0.15) is 0 Å². The van der Waals surface area contributed by atoms with Gasteiger partial charge in [0.05, 0.1) is 28.7 Å². The van der Waals surface area contributed by atoms with E-state index in [0.717, 1.165) is 13.2 Å². The molecule has 2 N–H and O–H groups in total. The Morgan fingerprint density at radius 3 is 2.58 bits per heavy atom. The van der Waals surface area contributed by atoms with Crippen LogP contribution in [0.5, 0.6) is 0 Å². The molecule has 0 fully saturated rings. The summed E-state index contributed by atoms with van der Waals surface area (Å²) in [5.41, 5.74) is -0.402. The summed E-state index contributed by atoms with van der Waals surface area (Å²) in [5.74, 6) is -0.761. The fourth-order valence-corrected chi connectivity index (χ4v) is 1.63. The smallest absolute Gasteiger partial charge is 0.330 e. The van der Waals surface area contributed by atoms with E-state index in [-0.39, 0.29) is 21.4 Å². The number of hydrogen-bond donors (Lipinski definition) is 2. The Bertz CT molecular complexity index is 509. The maximum atomic E-state index is 11.3. The molecule has 0 heterocycles. The van der Waals surface area contributed by atoms with Gasteiger partial charge >= 0.3 is 5.97 Å². The van der Waals surface area contributed by atoms with Crippen molar-refractivity contribution in [1.29, 1.82) is 0 Å². The number of carbonyl (C=O) groups excluding carboxylic acids is 1. The van der Waals surface area contributed by atoms with E-state index < -0.39 is 23.5 Å². The predicted molar refractivity (Wildman–Crippen MR) is 69.6 cm³/mol. The molecule has 1 atom stereocenters. The van der Waals surface area contributed by atoms with Gasteiger partial charge in [-0.05, 0) is 6.07 Å². The van der Waals surface area contributed by atoms with E-state index in [4.69, 9.17) is 28.3 Å². The van der Waals surface area contributed by atoms with Gasteiger partial charge in [0.2, 0.25) is 0 Å². The maximum Gasteiger partial charge on any atom is 0.330 e. The molecule has 7 nitrogen and oxygen atoms in total. The zero-order chi connectivity index (χ0) is 14.6. The van der Waals surface area contributed by atoms with Crippen LogP contribution in [0.4, 0.5) is 11.4 Å². The number of aliphatic hydroxyl groups is 1. The first-order chi connectivity index (χ1) is 8.90. The number of nitrogens with zero attached hydrogens (tertiary/aromatic N) is 1. The van der Waals surface area contributed by atoms with Crippen LogP contribution in [0.25, 0.3) is 0 Å². The van der Waals surface area contributed by atoms with E-state index in [1.165, 1.54) is 6.07 Å². The average molecular weight is 309 g/mol. The van der Waals surface area contributed by atoms with Crippen LogP contribution in [0.15, 0.2) is 12.1 Å². The summed E-state index contributed by atoms with van der Waals surface area (Å²) in [7, 11) is 1.13. The molecule has 19 heavy (non-hydrogen) atoms. The Morgan fingerprint density at radius 1 is 1.53 bits per heavy atom. The second-order valence-corrected chi connectivity index (χ2v) is 4.26. The predicted octanol–water partition coefficient (Wildman–Crippen LogP) is 1.85. The molecule has 0 aliphatic heterocycles. The Kier molecular flexibility index (Phi) is 5.34. The number of carbonyl (C=O) groups is 1. The van der Waals surface area contributed by atoms with Gasteiger partial charge < -0.3 is 15.2 Å². The maximum absolute atomic E-state index is 11.3. The summed E-state index contributed by atoms with van der Waals surface area (Å²) in [6.07, 6.45) is 0. The van der Waals surface area contributed by atoms with Crippen molar-refractivity contribution in [3.63, 3.8) is 0 Å². The highest BCUT2D eigenvalue weighted by Crippen LogP contribution is 2.34. The molecule has 0 spiro atoms. The summed E-state index contributed by atoms with van der Waals surface area (Å²) < 4.78 is 4.44. The lowest BCUT2D eigenvalue weighted by Crippen LogP contribution is -2.34. The molecule has 0 saturated heterocycles. The molecule has 0 amide bonds. The molecular formula is C10H10Cl2N2O5. The van der Waals surface area contributed by atoms with Crippen LogP contribution >= 0.6 is 23.2 Å². The third-order valence-electron chi connectivity index (χ3n) is 2.23. The first-order valence-corrected chi connectivity index (χ1v) is 5.75. The minimum absolute atomic E-state index is 0.0116. The summed E-state index contributed by atoms with van der Waals surface area (Å²) in [4.78, 5) is 21.5. The Morgan fingerprint density at radius 2 is 2.11 bits per heavy atom. The Labute approximate surface area is 118 Å². The highest BCUT2D eigenvalue weighted by Gasteiger charge is 2.23. The first kappa shape index (κ1) is 15.5.